The number of nitrogens with zero attached hydrogens (tertiary/aromatic N) is 4. The lowest BCUT2D eigenvalue weighted by Gasteiger charge is -2.06. The first-order valence-electron chi connectivity index (χ1n) is 5.41. The normalized spacial score (nSPS) is 10.4. The number of nitrogens with one attached hydrogen (secondary N) is 1. The molecule has 0 radical (unpaired) electrons. The van der Waals surface area contributed by atoms with Crippen LogP contribution in [-0.4, -0.2) is 19.9 Å². The summed E-state index contributed by atoms with van der Waals surface area (Å²) >= 11 is 1.51. The fourth-order valence-electron chi connectivity index (χ4n) is 1.59. The first-order valence-corrected chi connectivity index (χ1v) is 6.22. The lowest BCUT2D eigenvalue weighted by Crippen LogP contribution is -2.09. The minimum atomic E-state index is -0.519. The van der Waals surface area contributed by atoms with Gasteiger partial charge in [-0.1, -0.05) is 0 Å². The summed E-state index contributed by atoms with van der Waals surface area (Å²) in [4.78, 5) is 23.2. The van der Waals surface area contributed by atoms with Crippen LogP contribution in [0.5, 0.6) is 0 Å². The summed E-state index contributed by atoms with van der Waals surface area (Å²) in [6, 6.07) is 0. The molecule has 0 spiro atoms. The van der Waals surface area contributed by atoms with E-state index in [1.807, 2.05) is 6.92 Å². The van der Waals surface area contributed by atoms with Crippen molar-refractivity contribution in [2.24, 2.45) is 0 Å². The molecule has 3 N–H and O–H groups in total. The van der Waals surface area contributed by atoms with Crippen molar-refractivity contribution in [2.45, 2.75) is 20.4 Å². The van der Waals surface area contributed by atoms with Gasteiger partial charge in [-0.3, -0.25) is 10.1 Å². The van der Waals surface area contributed by atoms with Crippen molar-refractivity contribution in [3.8, 4) is 0 Å². The van der Waals surface area contributed by atoms with E-state index in [1.54, 1.807) is 6.20 Å². The lowest BCUT2D eigenvalue weighted by atomic mass is 10.3. The van der Waals surface area contributed by atoms with Gasteiger partial charge in [-0.2, -0.15) is 4.98 Å². The summed E-state index contributed by atoms with van der Waals surface area (Å²) in [6.45, 7) is 3.82. The van der Waals surface area contributed by atoms with Crippen LogP contribution in [0, 0.1) is 24.0 Å². The zero-order chi connectivity index (χ0) is 14.0. The summed E-state index contributed by atoms with van der Waals surface area (Å²) in [5.41, 5.74) is 5.59. The molecule has 9 heteroatoms. The van der Waals surface area contributed by atoms with E-state index in [0.29, 0.717) is 6.54 Å². The molecule has 100 valence electrons. The van der Waals surface area contributed by atoms with Crippen LogP contribution in [0.15, 0.2) is 6.20 Å². The minimum Gasteiger partial charge on any atom is -0.368 e. The van der Waals surface area contributed by atoms with Gasteiger partial charge >= 0.3 is 5.69 Å². The molecular formula is C10H12N6O2S. The van der Waals surface area contributed by atoms with Crippen molar-refractivity contribution >= 4 is 28.8 Å². The maximum absolute atomic E-state index is 11.0. The Morgan fingerprint density at radius 3 is 2.79 bits per heavy atom. The smallest absolute Gasteiger partial charge is 0.332 e. The maximum Gasteiger partial charge on any atom is 0.332 e. The molecule has 19 heavy (non-hydrogen) atoms. The molecule has 2 aromatic heterocycles. The number of nitrogens with two attached hydrogens (primary N) is 1. The third kappa shape index (κ3) is 2.94. The van der Waals surface area contributed by atoms with Gasteiger partial charge in [0.25, 0.3) is 0 Å². The second-order valence-electron chi connectivity index (χ2n) is 3.82. The predicted molar refractivity (Wildman–Crippen MR) is 72.0 cm³/mol. The van der Waals surface area contributed by atoms with E-state index in [1.165, 1.54) is 18.3 Å². The Bertz CT molecular complexity index is 626. The van der Waals surface area contributed by atoms with E-state index >= 15 is 0 Å². The average Bonchev–Trinajstić information content (AvgIpc) is 2.71. The second-order valence-corrected chi connectivity index (χ2v) is 5.14. The van der Waals surface area contributed by atoms with Gasteiger partial charge in [-0.25, -0.2) is 9.97 Å². The number of rotatable bonds is 4. The van der Waals surface area contributed by atoms with Gasteiger partial charge in [0.2, 0.25) is 11.8 Å². The summed E-state index contributed by atoms with van der Waals surface area (Å²) in [5.74, 6) is 0.132. The zero-order valence-corrected chi connectivity index (χ0v) is 11.2. The number of aryl methyl sites for hydroxylation is 2. The SMILES string of the molecule is Cc1ncc(CNc2nc(N)nc(C)c2[N+](=O)[O-])s1. The molecular weight excluding hydrogens is 268 g/mol. The van der Waals surface area contributed by atoms with Crippen LogP contribution in [0.1, 0.15) is 15.6 Å². The van der Waals surface area contributed by atoms with Crippen molar-refractivity contribution in [1.82, 2.24) is 15.0 Å². The molecule has 8 nitrogen and oxygen atoms in total. The van der Waals surface area contributed by atoms with Gasteiger partial charge < -0.3 is 11.1 Å². The van der Waals surface area contributed by atoms with Gasteiger partial charge in [0.15, 0.2) is 0 Å². The number of nitrogen functional groups attached to an aromatic ring is 1. The van der Waals surface area contributed by atoms with Crippen molar-refractivity contribution < 1.29 is 4.92 Å². The Morgan fingerprint density at radius 1 is 1.47 bits per heavy atom. The molecule has 0 amide bonds. The fourth-order valence-corrected chi connectivity index (χ4v) is 2.32. The van der Waals surface area contributed by atoms with E-state index in [0.717, 1.165) is 9.88 Å². The van der Waals surface area contributed by atoms with E-state index in [4.69, 9.17) is 5.73 Å². The number of aromatic nitrogens is 3. The van der Waals surface area contributed by atoms with Crippen molar-refractivity contribution in [3.63, 3.8) is 0 Å². The van der Waals surface area contributed by atoms with Gasteiger partial charge in [-0.05, 0) is 13.8 Å². The molecule has 0 saturated carbocycles. The van der Waals surface area contributed by atoms with Gasteiger partial charge in [0, 0.05) is 11.1 Å². The topological polar surface area (TPSA) is 120 Å². The van der Waals surface area contributed by atoms with Crippen LogP contribution in [0.4, 0.5) is 17.5 Å². The number of nitro groups is 1. The van der Waals surface area contributed by atoms with Crippen LogP contribution in [-0.2, 0) is 6.54 Å². The molecule has 2 aromatic rings. The Morgan fingerprint density at radius 2 is 2.21 bits per heavy atom. The highest BCUT2D eigenvalue weighted by Crippen LogP contribution is 2.26. The van der Waals surface area contributed by atoms with Gasteiger partial charge in [0.05, 0.1) is 16.5 Å². The predicted octanol–water partition coefficient (Wildman–Crippen LogP) is 1.65. The van der Waals surface area contributed by atoms with E-state index in [-0.39, 0.29) is 23.1 Å². The van der Waals surface area contributed by atoms with Crippen LogP contribution < -0.4 is 11.1 Å². The summed E-state index contributed by atoms with van der Waals surface area (Å²) < 4.78 is 0. The molecule has 0 aromatic carbocycles. The summed E-state index contributed by atoms with van der Waals surface area (Å²) in [5, 5.41) is 14.8. The average molecular weight is 280 g/mol. The van der Waals surface area contributed by atoms with E-state index < -0.39 is 4.92 Å². The number of anilines is 2. The van der Waals surface area contributed by atoms with Gasteiger partial charge in [-0.15, -0.1) is 11.3 Å². The molecule has 0 aliphatic rings. The highest BCUT2D eigenvalue weighted by atomic mass is 32.1. The van der Waals surface area contributed by atoms with Crippen molar-refractivity contribution in [2.75, 3.05) is 11.1 Å². The second kappa shape index (κ2) is 5.14. The highest BCUT2D eigenvalue weighted by molar-refractivity contribution is 7.11. The van der Waals surface area contributed by atoms with Crippen LogP contribution in [0.3, 0.4) is 0 Å². The van der Waals surface area contributed by atoms with Crippen molar-refractivity contribution in [1.29, 1.82) is 0 Å². The summed E-state index contributed by atoms with van der Waals surface area (Å²) in [6.07, 6.45) is 1.72. The first-order chi connectivity index (χ1) is 8.97. The summed E-state index contributed by atoms with van der Waals surface area (Å²) in [7, 11) is 0. The Labute approximate surface area is 112 Å². The molecule has 0 atom stereocenters. The number of thiazole rings is 1. The first kappa shape index (κ1) is 13.1. The number of hydrogen-bond donors (Lipinski definition) is 2. The molecule has 0 aliphatic carbocycles. The molecule has 2 rings (SSSR count). The number of hydrogen-bond acceptors (Lipinski definition) is 8. The monoisotopic (exact) mass is 280 g/mol. The molecule has 0 saturated heterocycles. The minimum absolute atomic E-state index is 0.00563. The third-order valence-corrected chi connectivity index (χ3v) is 3.27. The van der Waals surface area contributed by atoms with Crippen LogP contribution in [0.25, 0.3) is 0 Å². The van der Waals surface area contributed by atoms with E-state index in [2.05, 4.69) is 20.3 Å². The largest absolute Gasteiger partial charge is 0.368 e. The zero-order valence-electron chi connectivity index (χ0n) is 10.4. The third-order valence-electron chi connectivity index (χ3n) is 2.36. The Balaban J connectivity index is 2.26. The van der Waals surface area contributed by atoms with E-state index in [9.17, 15) is 10.1 Å². The quantitative estimate of drug-likeness (QED) is 0.645. The maximum atomic E-state index is 11.0. The Kier molecular flexibility index (Phi) is 3.56. The standard InChI is InChI=1S/C10H12N6O2S/c1-5-8(16(17)18)9(15-10(11)14-5)13-4-7-3-12-6(2)19-7/h3H,4H2,1-2H3,(H3,11,13,14,15). The fraction of sp³-hybridized carbons (Fsp3) is 0.300. The highest BCUT2D eigenvalue weighted by Gasteiger charge is 2.21. The van der Waals surface area contributed by atoms with Crippen LogP contribution in [0.2, 0.25) is 0 Å². The van der Waals surface area contributed by atoms with Crippen molar-refractivity contribution in [3.05, 3.63) is 31.9 Å². The Hall–Kier alpha value is -2.29. The molecule has 2 heterocycles. The molecule has 0 aliphatic heterocycles. The van der Waals surface area contributed by atoms with Gasteiger partial charge in [0.1, 0.15) is 5.69 Å². The van der Waals surface area contributed by atoms with Crippen LogP contribution >= 0.6 is 11.3 Å². The molecule has 0 bridgehead atoms. The molecule has 0 unspecified atom stereocenters. The molecule has 0 fully saturated rings. The lowest BCUT2D eigenvalue weighted by molar-refractivity contribution is -0.385.